The molecule has 0 amide bonds. The van der Waals surface area contributed by atoms with Crippen LogP contribution in [0.25, 0.3) is 11.3 Å². The molecule has 4 N–H and O–H groups in total. The van der Waals surface area contributed by atoms with Gasteiger partial charge in [0.15, 0.2) is 17.5 Å². The standard InChI is InChI=1S/C27H26F8N4O5S/c28-14-8-12(9-15(29)18(14)30)16-10-39(38-37-16)20-21(41)17(11-40)44-24(22(20)42)45-23(25(43)3-5-26(31,32)6-4-25)19-13(27(33,34)35)2-1-7-36-19/h1-2,7-10,17,20-24,40-43H,3-6,11H2/t17-,20+,21+,22-,23-,24+/m1/s1. The van der Waals surface area contributed by atoms with Gasteiger partial charge in [0.05, 0.1) is 34.9 Å². The lowest BCUT2D eigenvalue weighted by atomic mass is 9.79. The molecule has 3 heterocycles. The summed E-state index contributed by atoms with van der Waals surface area (Å²) in [6.07, 6.45) is -10.9. The lowest BCUT2D eigenvalue weighted by molar-refractivity contribution is -0.179. The number of benzene rings is 1. The van der Waals surface area contributed by atoms with E-state index in [1.165, 1.54) is 0 Å². The molecule has 0 unspecified atom stereocenters. The van der Waals surface area contributed by atoms with Crippen LogP contribution in [0.4, 0.5) is 35.1 Å². The Kier molecular flexibility index (Phi) is 9.20. The molecule has 0 spiro atoms. The van der Waals surface area contributed by atoms with Crippen molar-refractivity contribution >= 4 is 11.8 Å². The summed E-state index contributed by atoms with van der Waals surface area (Å²) in [5.41, 5.74) is -6.24. The molecule has 5 rings (SSSR count). The Labute approximate surface area is 253 Å². The van der Waals surface area contributed by atoms with Gasteiger partial charge in [-0.1, -0.05) is 5.21 Å². The molecule has 9 nitrogen and oxygen atoms in total. The average molecular weight is 671 g/mol. The molecule has 0 radical (unpaired) electrons. The molecular weight excluding hydrogens is 644 g/mol. The van der Waals surface area contributed by atoms with E-state index in [-0.39, 0.29) is 11.3 Å². The average Bonchev–Trinajstić information content (AvgIpc) is 3.46. The highest BCUT2D eigenvalue weighted by atomic mass is 32.2. The summed E-state index contributed by atoms with van der Waals surface area (Å²) in [4.78, 5) is 3.84. The molecule has 1 saturated heterocycles. The topological polar surface area (TPSA) is 134 Å². The van der Waals surface area contributed by atoms with Crippen LogP contribution in [-0.4, -0.2) is 82.3 Å². The molecule has 2 aromatic heterocycles. The van der Waals surface area contributed by atoms with E-state index in [0.717, 1.165) is 23.1 Å². The third-order valence-electron chi connectivity index (χ3n) is 7.94. The van der Waals surface area contributed by atoms with Crippen molar-refractivity contribution in [1.82, 2.24) is 20.0 Å². The van der Waals surface area contributed by atoms with Crippen molar-refractivity contribution in [2.75, 3.05) is 6.61 Å². The van der Waals surface area contributed by atoms with E-state index >= 15 is 0 Å². The predicted octanol–water partition coefficient (Wildman–Crippen LogP) is 4.17. The van der Waals surface area contributed by atoms with Crippen molar-refractivity contribution in [2.45, 2.75) is 78.4 Å². The zero-order valence-electron chi connectivity index (χ0n) is 22.9. The summed E-state index contributed by atoms with van der Waals surface area (Å²) in [5, 5.41) is 49.6. The Bertz CT molecular complexity index is 1500. The highest BCUT2D eigenvalue weighted by Gasteiger charge is 2.53. The van der Waals surface area contributed by atoms with Gasteiger partial charge in [-0.25, -0.2) is 26.6 Å². The fourth-order valence-electron chi connectivity index (χ4n) is 5.51. The van der Waals surface area contributed by atoms with Gasteiger partial charge in [0, 0.05) is 24.6 Å². The van der Waals surface area contributed by atoms with Crippen LogP contribution >= 0.6 is 11.8 Å². The lowest BCUT2D eigenvalue weighted by Crippen LogP contribution is -2.55. The fraction of sp³-hybridized carbons (Fsp3) is 0.519. The minimum Gasteiger partial charge on any atom is -0.394 e. The first-order chi connectivity index (χ1) is 21.0. The predicted molar refractivity (Wildman–Crippen MR) is 140 cm³/mol. The number of alkyl halides is 5. The summed E-state index contributed by atoms with van der Waals surface area (Å²) in [5.74, 6) is -7.96. The number of ether oxygens (including phenoxy) is 1. The van der Waals surface area contributed by atoms with Crippen LogP contribution in [0.5, 0.6) is 0 Å². The van der Waals surface area contributed by atoms with E-state index in [0.29, 0.717) is 30.0 Å². The third kappa shape index (κ3) is 6.66. The monoisotopic (exact) mass is 670 g/mol. The first kappa shape index (κ1) is 33.5. The molecule has 2 fully saturated rings. The van der Waals surface area contributed by atoms with Crippen molar-refractivity contribution in [3.05, 3.63) is 65.4 Å². The van der Waals surface area contributed by atoms with Crippen LogP contribution in [0.15, 0.2) is 36.7 Å². The van der Waals surface area contributed by atoms with E-state index in [2.05, 4.69) is 15.3 Å². The molecule has 1 aromatic carbocycles. The maximum Gasteiger partial charge on any atom is 0.418 e. The number of rotatable bonds is 7. The second kappa shape index (κ2) is 12.4. The number of pyridine rings is 1. The number of aromatic nitrogens is 4. The Hall–Kier alpha value is -2.90. The van der Waals surface area contributed by atoms with E-state index in [4.69, 9.17) is 4.74 Å². The third-order valence-corrected chi connectivity index (χ3v) is 9.53. The van der Waals surface area contributed by atoms with E-state index in [1.807, 2.05) is 0 Å². The summed E-state index contributed by atoms with van der Waals surface area (Å²) < 4.78 is 118. The van der Waals surface area contributed by atoms with Gasteiger partial charge in [0.2, 0.25) is 5.92 Å². The zero-order valence-corrected chi connectivity index (χ0v) is 23.7. The minimum absolute atomic E-state index is 0.220. The van der Waals surface area contributed by atoms with Crippen molar-refractivity contribution < 1.29 is 60.3 Å². The Morgan fingerprint density at radius 3 is 2.29 bits per heavy atom. The summed E-state index contributed by atoms with van der Waals surface area (Å²) in [6, 6.07) is 1.43. The quantitative estimate of drug-likeness (QED) is 0.216. The molecular formula is C27H26F8N4O5S. The van der Waals surface area contributed by atoms with Crippen LogP contribution in [0.1, 0.15) is 48.2 Å². The van der Waals surface area contributed by atoms with Gasteiger partial charge in [-0.2, -0.15) is 13.2 Å². The number of hydrogen-bond donors (Lipinski definition) is 4. The van der Waals surface area contributed by atoms with E-state index in [1.54, 1.807) is 0 Å². The summed E-state index contributed by atoms with van der Waals surface area (Å²) >= 11 is 0.437. The second-order valence-corrected chi connectivity index (χ2v) is 12.2. The van der Waals surface area contributed by atoms with E-state index in [9.17, 15) is 55.5 Å². The minimum atomic E-state index is -4.97. The highest BCUT2D eigenvalue weighted by Crippen LogP contribution is 2.54. The van der Waals surface area contributed by atoms with Gasteiger partial charge in [-0.05, 0) is 37.1 Å². The second-order valence-electron chi connectivity index (χ2n) is 10.9. The number of aliphatic hydroxyl groups is 4. The molecule has 2 aliphatic rings. The zero-order chi connectivity index (χ0) is 32.9. The van der Waals surface area contributed by atoms with Gasteiger partial charge in [-0.15, -0.1) is 16.9 Å². The highest BCUT2D eigenvalue weighted by molar-refractivity contribution is 8.00. The largest absolute Gasteiger partial charge is 0.418 e. The van der Waals surface area contributed by atoms with Crippen LogP contribution in [-0.2, 0) is 10.9 Å². The maximum absolute atomic E-state index is 14.1. The number of thioether (sulfide) groups is 1. The molecule has 1 aliphatic heterocycles. The summed E-state index contributed by atoms with van der Waals surface area (Å²) in [7, 11) is 0. The number of hydrogen-bond acceptors (Lipinski definition) is 9. The van der Waals surface area contributed by atoms with E-state index < -0.39 is 114 Å². The molecule has 1 saturated carbocycles. The van der Waals surface area contributed by atoms with Crippen molar-refractivity contribution in [2.24, 2.45) is 0 Å². The molecule has 0 bridgehead atoms. The fourth-order valence-corrected chi connectivity index (χ4v) is 7.11. The Morgan fingerprint density at radius 1 is 1.04 bits per heavy atom. The smallest absolute Gasteiger partial charge is 0.394 e. The van der Waals surface area contributed by atoms with Gasteiger partial charge in [0.25, 0.3) is 0 Å². The van der Waals surface area contributed by atoms with Crippen LogP contribution in [0.3, 0.4) is 0 Å². The van der Waals surface area contributed by atoms with Crippen LogP contribution < -0.4 is 0 Å². The first-order valence-corrected chi connectivity index (χ1v) is 14.5. The molecule has 246 valence electrons. The summed E-state index contributed by atoms with van der Waals surface area (Å²) in [6.45, 7) is -0.865. The molecule has 3 aromatic rings. The lowest BCUT2D eigenvalue weighted by Gasteiger charge is -2.46. The van der Waals surface area contributed by atoms with Crippen LogP contribution in [0.2, 0.25) is 0 Å². The number of nitrogens with zero attached hydrogens (tertiary/aromatic N) is 4. The Morgan fingerprint density at radius 2 is 1.69 bits per heavy atom. The maximum atomic E-state index is 14.1. The molecule has 6 atom stereocenters. The van der Waals surface area contributed by atoms with Gasteiger partial charge in [0.1, 0.15) is 35.5 Å². The molecule has 1 aliphatic carbocycles. The van der Waals surface area contributed by atoms with Gasteiger partial charge in [-0.3, -0.25) is 4.98 Å². The van der Waals surface area contributed by atoms with Crippen molar-refractivity contribution in [1.29, 1.82) is 0 Å². The Balaban J connectivity index is 1.52. The molecule has 18 heteroatoms. The van der Waals surface area contributed by atoms with Gasteiger partial charge < -0.3 is 25.2 Å². The van der Waals surface area contributed by atoms with Crippen molar-refractivity contribution in [3.63, 3.8) is 0 Å². The van der Waals surface area contributed by atoms with Gasteiger partial charge >= 0.3 is 6.18 Å². The number of aliphatic hydroxyl groups excluding tert-OH is 3. The van der Waals surface area contributed by atoms with Crippen LogP contribution in [0, 0.1) is 17.5 Å². The van der Waals surface area contributed by atoms with Crippen molar-refractivity contribution in [3.8, 4) is 11.3 Å². The SMILES string of the molecule is OC[C@H]1O[C@@H](S[C@H](c2ncccc2C(F)(F)F)C2(O)CCC(F)(F)CC2)[C@H](O)[C@@H](n2cc(-c3cc(F)c(F)c(F)c3)nn2)[C@H]1O. The normalized spacial score (nSPS) is 27.3. The number of halogens is 8. The first-order valence-electron chi connectivity index (χ1n) is 13.5. The molecule has 45 heavy (non-hydrogen) atoms.